The SMILES string of the molecule is CCOc1ccc(C(C)=O)cc1CN1CCCC1C(N)=O. The first kappa shape index (κ1) is 15.5. The van der Waals surface area contributed by atoms with E-state index < -0.39 is 0 Å². The van der Waals surface area contributed by atoms with Crippen LogP contribution < -0.4 is 10.5 Å². The van der Waals surface area contributed by atoms with Crippen LogP contribution in [0.5, 0.6) is 5.75 Å². The predicted molar refractivity (Wildman–Crippen MR) is 80.2 cm³/mol. The highest BCUT2D eigenvalue weighted by Crippen LogP contribution is 2.26. The normalized spacial score (nSPS) is 18.7. The van der Waals surface area contributed by atoms with Gasteiger partial charge in [-0.25, -0.2) is 0 Å². The Balaban J connectivity index is 2.25. The van der Waals surface area contributed by atoms with Crippen LogP contribution in [0.4, 0.5) is 0 Å². The molecule has 0 aromatic heterocycles. The van der Waals surface area contributed by atoms with Gasteiger partial charge in [0, 0.05) is 17.7 Å². The van der Waals surface area contributed by atoms with E-state index >= 15 is 0 Å². The predicted octanol–water partition coefficient (Wildman–Crippen LogP) is 1.74. The molecule has 0 bridgehead atoms. The lowest BCUT2D eigenvalue weighted by molar-refractivity contribution is -0.122. The van der Waals surface area contributed by atoms with E-state index in [4.69, 9.17) is 10.5 Å². The highest BCUT2D eigenvalue weighted by molar-refractivity contribution is 5.94. The molecule has 0 aliphatic carbocycles. The van der Waals surface area contributed by atoms with Crippen molar-refractivity contribution in [2.24, 2.45) is 5.73 Å². The third-order valence-corrected chi connectivity index (χ3v) is 3.83. The molecule has 1 aliphatic heterocycles. The van der Waals surface area contributed by atoms with E-state index in [-0.39, 0.29) is 17.7 Å². The number of primary amides is 1. The van der Waals surface area contributed by atoms with Gasteiger partial charge in [0.25, 0.3) is 0 Å². The topological polar surface area (TPSA) is 72.6 Å². The first-order chi connectivity index (χ1) is 10.0. The van der Waals surface area contributed by atoms with Crippen molar-refractivity contribution in [3.63, 3.8) is 0 Å². The number of ketones is 1. The molecule has 1 aromatic rings. The summed E-state index contributed by atoms with van der Waals surface area (Å²) in [5, 5.41) is 0. The molecule has 1 amide bonds. The Morgan fingerprint density at radius 2 is 2.19 bits per heavy atom. The molecule has 21 heavy (non-hydrogen) atoms. The molecule has 0 spiro atoms. The van der Waals surface area contributed by atoms with Gasteiger partial charge in [0.2, 0.25) is 5.91 Å². The van der Waals surface area contributed by atoms with E-state index in [1.54, 1.807) is 13.0 Å². The van der Waals surface area contributed by atoms with Gasteiger partial charge in [-0.2, -0.15) is 0 Å². The fourth-order valence-electron chi connectivity index (χ4n) is 2.77. The summed E-state index contributed by atoms with van der Waals surface area (Å²) in [5.74, 6) is 0.498. The number of amides is 1. The van der Waals surface area contributed by atoms with Crippen molar-refractivity contribution in [1.82, 2.24) is 4.90 Å². The fourth-order valence-corrected chi connectivity index (χ4v) is 2.77. The minimum atomic E-state index is -0.284. The number of nitrogens with zero attached hydrogens (tertiary/aromatic N) is 1. The van der Waals surface area contributed by atoms with E-state index in [9.17, 15) is 9.59 Å². The summed E-state index contributed by atoms with van der Waals surface area (Å²) in [6.45, 7) is 5.44. The zero-order valence-electron chi connectivity index (χ0n) is 12.6. The molecule has 0 saturated carbocycles. The summed E-state index contributed by atoms with van der Waals surface area (Å²) in [5.41, 5.74) is 7.03. The summed E-state index contributed by atoms with van der Waals surface area (Å²) in [7, 11) is 0. The van der Waals surface area contributed by atoms with Crippen molar-refractivity contribution in [2.75, 3.05) is 13.2 Å². The number of nitrogens with two attached hydrogens (primary N) is 1. The minimum absolute atomic E-state index is 0.0205. The number of hydrogen-bond acceptors (Lipinski definition) is 4. The van der Waals surface area contributed by atoms with E-state index in [1.165, 1.54) is 0 Å². The number of carbonyl (C=O) groups excluding carboxylic acids is 2. The molecular formula is C16H22N2O3. The Labute approximate surface area is 125 Å². The standard InChI is InChI=1S/C16H22N2O3/c1-3-21-15-7-6-12(11(2)19)9-13(15)10-18-8-4-5-14(18)16(17)20/h6-7,9,14H,3-5,8,10H2,1-2H3,(H2,17,20). The van der Waals surface area contributed by atoms with Gasteiger partial charge >= 0.3 is 0 Å². The molecular weight excluding hydrogens is 268 g/mol. The van der Waals surface area contributed by atoms with Crippen molar-refractivity contribution in [2.45, 2.75) is 39.3 Å². The Morgan fingerprint density at radius 3 is 2.81 bits per heavy atom. The zero-order chi connectivity index (χ0) is 15.4. The van der Waals surface area contributed by atoms with Crippen LogP contribution in [0.15, 0.2) is 18.2 Å². The van der Waals surface area contributed by atoms with Gasteiger partial charge < -0.3 is 10.5 Å². The molecule has 1 aromatic carbocycles. The number of benzene rings is 1. The summed E-state index contributed by atoms with van der Waals surface area (Å²) < 4.78 is 5.62. The minimum Gasteiger partial charge on any atom is -0.494 e. The maximum atomic E-state index is 11.5. The van der Waals surface area contributed by atoms with Gasteiger partial charge in [-0.1, -0.05) is 0 Å². The molecule has 1 heterocycles. The quantitative estimate of drug-likeness (QED) is 0.810. The van der Waals surface area contributed by atoms with E-state index in [0.29, 0.717) is 18.7 Å². The molecule has 2 rings (SSSR count). The molecule has 1 saturated heterocycles. The maximum Gasteiger partial charge on any atom is 0.234 e. The molecule has 1 fully saturated rings. The third-order valence-electron chi connectivity index (χ3n) is 3.83. The number of carbonyl (C=O) groups is 2. The third kappa shape index (κ3) is 3.61. The largest absolute Gasteiger partial charge is 0.494 e. The lowest BCUT2D eigenvalue weighted by Crippen LogP contribution is -2.39. The van der Waals surface area contributed by atoms with Crippen molar-refractivity contribution in [3.8, 4) is 5.75 Å². The molecule has 2 N–H and O–H groups in total. The average molecular weight is 290 g/mol. The first-order valence-corrected chi connectivity index (χ1v) is 7.33. The Morgan fingerprint density at radius 1 is 1.43 bits per heavy atom. The first-order valence-electron chi connectivity index (χ1n) is 7.33. The second kappa shape index (κ2) is 6.72. The summed E-state index contributed by atoms with van der Waals surface area (Å²) >= 11 is 0. The lowest BCUT2D eigenvalue weighted by atomic mass is 10.1. The Kier molecular flexibility index (Phi) is 4.96. The van der Waals surface area contributed by atoms with Gasteiger partial charge in [0.05, 0.1) is 12.6 Å². The number of hydrogen-bond donors (Lipinski definition) is 1. The zero-order valence-corrected chi connectivity index (χ0v) is 12.6. The van der Waals surface area contributed by atoms with E-state index in [1.807, 2.05) is 19.1 Å². The van der Waals surface area contributed by atoms with Crippen molar-refractivity contribution in [3.05, 3.63) is 29.3 Å². The summed E-state index contributed by atoms with van der Waals surface area (Å²) in [6.07, 6.45) is 1.76. The van der Waals surface area contributed by atoms with E-state index in [2.05, 4.69) is 4.90 Å². The van der Waals surface area contributed by atoms with E-state index in [0.717, 1.165) is 30.7 Å². The van der Waals surface area contributed by atoms with Gasteiger partial charge in [0.15, 0.2) is 5.78 Å². The Bertz CT molecular complexity index is 542. The molecule has 5 nitrogen and oxygen atoms in total. The van der Waals surface area contributed by atoms with Crippen molar-refractivity contribution in [1.29, 1.82) is 0 Å². The van der Waals surface area contributed by atoms with Crippen LogP contribution in [0, 0.1) is 0 Å². The number of likely N-dealkylation sites (tertiary alicyclic amines) is 1. The molecule has 5 heteroatoms. The molecule has 1 aliphatic rings. The highest BCUT2D eigenvalue weighted by atomic mass is 16.5. The van der Waals surface area contributed by atoms with Gasteiger partial charge in [-0.15, -0.1) is 0 Å². The number of ether oxygens (including phenoxy) is 1. The maximum absolute atomic E-state index is 11.5. The van der Waals surface area contributed by atoms with Crippen LogP contribution in [0.1, 0.15) is 42.6 Å². The molecule has 1 unspecified atom stereocenters. The van der Waals surface area contributed by atoms with Crippen LogP contribution >= 0.6 is 0 Å². The van der Waals surface area contributed by atoms with Crippen LogP contribution in [0.3, 0.4) is 0 Å². The highest BCUT2D eigenvalue weighted by Gasteiger charge is 2.29. The lowest BCUT2D eigenvalue weighted by Gasteiger charge is -2.23. The van der Waals surface area contributed by atoms with Crippen molar-refractivity contribution < 1.29 is 14.3 Å². The van der Waals surface area contributed by atoms with Crippen molar-refractivity contribution >= 4 is 11.7 Å². The monoisotopic (exact) mass is 290 g/mol. The van der Waals surface area contributed by atoms with Crippen LogP contribution in [-0.2, 0) is 11.3 Å². The number of Topliss-reactive ketones (excluding diaryl/α,β-unsaturated/α-hetero) is 1. The second-order valence-corrected chi connectivity index (χ2v) is 5.34. The number of rotatable bonds is 6. The molecule has 114 valence electrons. The van der Waals surface area contributed by atoms with Crippen LogP contribution in [-0.4, -0.2) is 35.8 Å². The summed E-state index contributed by atoms with van der Waals surface area (Å²) in [6, 6.07) is 5.22. The van der Waals surface area contributed by atoms with Crippen LogP contribution in [0.25, 0.3) is 0 Å². The summed E-state index contributed by atoms with van der Waals surface area (Å²) in [4.78, 5) is 25.1. The van der Waals surface area contributed by atoms with Gasteiger partial charge in [0.1, 0.15) is 5.75 Å². The fraction of sp³-hybridized carbons (Fsp3) is 0.500. The second-order valence-electron chi connectivity index (χ2n) is 5.34. The average Bonchev–Trinajstić information content (AvgIpc) is 2.89. The Hall–Kier alpha value is -1.88. The smallest absolute Gasteiger partial charge is 0.234 e. The van der Waals surface area contributed by atoms with Crippen LogP contribution in [0.2, 0.25) is 0 Å². The van der Waals surface area contributed by atoms with Gasteiger partial charge in [-0.05, 0) is 51.4 Å². The molecule has 0 radical (unpaired) electrons. The molecule has 1 atom stereocenters. The van der Waals surface area contributed by atoms with Gasteiger partial charge in [-0.3, -0.25) is 14.5 Å².